The number of rotatable bonds is 3. The molecule has 20 heavy (non-hydrogen) atoms. The van der Waals surface area contributed by atoms with Crippen LogP contribution in [0.25, 0.3) is 0 Å². The summed E-state index contributed by atoms with van der Waals surface area (Å²) in [5.41, 5.74) is 0.985. The number of benzene rings is 1. The van der Waals surface area contributed by atoms with Crippen LogP contribution in [0.15, 0.2) is 35.2 Å². The molecule has 0 spiro atoms. The number of Topliss-reactive ketones (excluding diaryl/α,β-unsaturated/α-hetero) is 1. The normalized spacial score (nSPS) is 16.4. The predicted molar refractivity (Wildman–Crippen MR) is 70.9 cm³/mol. The van der Waals surface area contributed by atoms with Crippen molar-refractivity contribution in [2.45, 2.75) is 32.5 Å². The quantitative estimate of drug-likeness (QED) is 0.860. The van der Waals surface area contributed by atoms with E-state index in [9.17, 15) is 4.79 Å². The second-order valence-electron chi connectivity index (χ2n) is 5.44. The van der Waals surface area contributed by atoms with Crippen LogP contribution < -0.4 is 9.47 Å². The highest BCUT2D eigenvalue weighted by Crippen LogP contribution is 2.35. The van der Waals surface area contributed by atoms with E-state index in [-0.39, 0.29) is 5.78 Å². The number of carbonyl (C=O) groups is 1. The molecule has 0 N–H and O–H groups in total. The molecular weight excluding hydrogens is 258 g/mol. The molecule has 5 heteroatoms. The van der Waals surface area contributed by atoms with Gasteiger partial charge in [-0.1, -0.05) is 5.16 Å². The molecule has 2 heterocycles. The van der Waals surface area contributed by atoms with Gasteiger partial charge in [-0.15, -0.1) is 0 Å². The van der Waals surface area contributed by atoms with Crippen molar-refractivity contribution in [1.29, 1.82) is 0 Å². The van der Waals surface area contributed by atoms with Crippen molar-refractivity contribution in [3.8, 4) is 11.5 Å². The van der Waals surface area contributed by atoms with Gasteiger partial charge in [-0.2, -0.15) is 0 Å². The Labute approximate surface area is 116 Å². The number of ketones is 1. The fourth-order valence-corrected chi connectivity index (χ4v) is 2.19. The molecule has 1 aromatic carbocycles. The number of aromatic nitrogens is 1. The van der Waals surface area contributed by atoms with Crippen LogP contribution in [-0.2, 0) is 6.61 Å². The van der Waals surface area contributed by atoms with E-state index < -0.39 is 5.60 Å². The van der Waals surface area contributed by atoms with Crippen LogP contribution in [0.3, 0.4) is 0 Å². The lowest BCUT2D eigenvalue weighted by Crippen LogP contribution is -2.35. The lowest BCUT2D eigenvalue weighted by molar-refractivity contribution is 0.0618. The summed E-state index contributed by atoms with van der Waals surface area (Å²) in [5.74, 6) is 1.33. The van der Waals surface area contributed by atoms with Crippen molar-refractivity contribution in [1.82, 2.24) is 5.16 Å². The second-order valence-corrected chi connectivity index (χ2v) is 5.44. The molecular formula is C15H15NO4. The Morgan fingerprint density at radius 1 is 1.40 bits per heavy atom. The molecule has 1 aliphatic heterocycles. The maximum atomic E-state index is 12.0. The van der Waals surface area contributed by atoms with E-state index in [0.29, 0.717) is 30.1 Å². The Kier molecular flexibility index (Phi) is 2.97. The Morgan fingerprint density at radius 3 is 3.00 bits per heavy atom. The molecule has 1 aliphatic rings. The van der Waals surface area contributed by atoms with Crippen molar-refractivity contribution in [2.24, 2.45) is 0 Å². The summed E-state index contributed by atoms with van der Waals surface area (Å²) in [6, 6.07) is 5.27. The maximum Gasteiger partial charge on any atom is 0.170 e. The number of hydrogen-bond acceptors (Lipinski definition) is 5. The van der Waals surface area contributed by atoms with Gasteiger partial charge in [0.25, 0.3) is 0 Å². The summed E-state index contributed by atoms with van der Waals surface area (Å²) in [4.78, 5) is 12.0. The van der Waals surface area contributed by atoms with Crippen LogP contribution in [0.4, 0.5) is 0 Å². The molecule has 3 rings (SSSR count). The fraction of sp³-hybridized carbons (Fsp3) is 0.333. The maximum absolute atomic E-state index is 12.0. The van der Waals surface area contributed by atoms with Crippen LogP contribution in [0.1, 0.15) is 36.2 Å². The van der Waals surface area contributed by atoms with Gasteiger partial charge >= 0.3 is 0 Å². The van der Waals surface area contributed by atoms with Gasteiger partial charge in [-0.3, -0.25) is 4.79 Å². The van der Waals surface area contributed by atoms with Crippen molar-refractivity contribution < 1.29 is 18.8 Å². The highest BCUT2D eigenvalue weighted by atomic mass is 16.5. The molecule has 0 radical (unpaired) electrons. The predicted octanol–water partition coefficient (Wildman–Crippen LogP) is 3.00. The minimum Gasteiger partial charge on any atom is -0.489 e. The molecule has 0 saturated carbocycles. The highest BCUT2D eigenvalue weighted by molar-refractivity contribution is 6.00. The standard InChI is InChI=1S/C15H15NO4/c1-15(2)6-13(17)12-4-3-11(5-14(12)20-15)18-8-10-7-16-19-9-10/h3-5,7,9H,6,8H2,1-2H3. The minimum absolute atomic E-state index is 0.0989. The summed E-state index contributed by atoms with van der Waals surface area (Å²) in [5, 5.41) is 3.61. The fourth-order valence-electron chi connectivity index (χ4n) is 2.19. The van der Waals surface area contributed by atoms with Crippen molar-refractivity contribution in [3.63, 3.8) is 0 Å². The van der Waals surface area contributed by atoms with Gasteiger partial charge in [0.1, 0.15) is 30.0 Å². The zero-order valence-corrected chi connectivity index (χ0v) is 11.4. The number of carbonyl (C=O) groups excluding carboxylic acids is 1. The summed E-state index contributed by atoms with van der Waals surface area (Å²) in [6.07, 6.45) is 3.52. The minimum atomic E-state index is -0.475. The average molecular weight is 273 g/mol. The molecule has 104 valence electrons. The molecule has 0 aliphatic carbocycles. The van der Waals surface area contributed by atoms with E-state index in [1.807, 2.05) is 13.8 Å². The largest absolute Gasteiger partial charge is 0.489 e. The van der Waals surface area contributed by atoms with E-state index in [2.05, 4.69) is 5.16 Å². The number of hydrogen-bond donors (Lipinski definition) is 0. The summed E-state index contributed by atoms with van der Waals surface area (Å²) in [6.45, 7) is 4.16. The molecule has 2 aromatic rings. The van der Waals surface area contributed by atoms with Gasteiger partial charge in [0.05, 0.1) is 18.2 Å². The number of ether oxygens (including phenoxy) is 2. The average Bonchev–Trinajstić information content (AvgIpc) is 2.87. The molecule has 1 aromatic heterocycles. The third-order valence-corrected chi connectivity index (χ3v) is 3.11. The van der Waals surface area contributed by atoms with Crippen LogP contribution in [0.2, 0.25) is 0 Å². The Bertz CT molecular complexity index is 631. The zero-order valence-electron chi connectivity index (χ0n) is 11.4. The van der Waals surface area contributed by atoms with E-state index >= 15 is 0 Å². The van der Waals surface area contributed by atoms with Gasteiger partial charge < -0.3 is 14.0 Å². The Morgan fingerprint density at radius 2 is 2.25 bits per heavy atom. The molecule has 0 amide bonds. The van der Waals surface area contributed by atoms with Gasteiger partial charge in [-0.05, 0) is 26.0 Å². The smallest absolute Gasteiger partial charge is 0.170 e. The molecule has 0 fully saturated rings. The van der Waals surface area contributed by atoms with Crippen LogP contribution in [-0.4, -0.2) is 16.5 Å². The van der Waals surface area contributed by atoms with E-state index in [1.54, 1.807) is 24.4 Å². The first-order chi connectivity index (χ1) is 9.53. The van der Waals surface area contributed by atoms with E-state index in [1.165, 1.54) is 6.26 Å². The molecule has 0 bridgehead atoms. The first kappa shape index (κ1) is 12.7. The van der Waals surface area contributed by atoms with E-state index in [0.717, 1.165) is 5.56 Å². The zero-order chi connectivity index (χ0) is 14.2. The molecule has 0 atom stereocenters. The Balaban J connectivity index is 1.80. The van der Waals surface area contributed by atoms with Crippen molar-refractivity contribution in [3.05, 3.63) is 41.8 Å². The third kappa shape index (κ3) is 2.52. The van der Waals surface area contributed by atoms with E-state index in [4.69, 9.17) is 14.0 Å². The molecule has 0 saturated heterocycles. The lowest BCUT2D eigenvalue weighted by atomic mass is 9.93. The van der Waals surface area contributed by atoms with Gasteiger partial charge in [0.2, 0.25) is 0 Å². The van der Waals surface area contributed by atoms with Gasteiger partial charge in [0.15, 0.2) is 5.78 Å². The van der Waals surface area contributed by atoms with Crippen LogP contribution >= 0.6 is 0 Å². The third-order valence-electron chi connectivity index (χ3n) is 3.11. The summed E-state index contributed by atoms with van der Waals surface area (Å²) < 4.78 is 16.2. The SMILES string of the molecule is CC1(C)CC(=O)c2ccc(OCc3cnoc3)cc2O1. The lowest BCUT2D eigenvalue weighted by Gasteiger charge is -2.31. The number of nitrogens with zero attached hydrogens (tertiary/aromatic N) is 1. The second kappa shape index (κ2) is 4.67. The van der Waals surface area contributed by atoms with Crippen LogP contribution in [0.5, 0.6) is 11.5 Å². The highest BCUT2D eigenvalue weighted by Gasteiger charge is 2.32. The van der Waals surface area contributed by atoms with Crippen molar-refractivity contribution >= 4 is 5.78 Å². The summed E-state index contributed by atoms with van der Waals surface area (Å²) >= 11 is 0. The van der Waals surface area contributed by atoms with Crippen LogP contribution in [0, 0.1) is 0 Å². The van der Waals surface area contributed by atoms with Crippen molar-refractivity contribution in [2.75, 3.05) is 0 Å². The van der Waals surface area contributed by atoms with Gasteiger partial charge in [-0.25, -0.2) is 0 Å². The van der Waals surface area contributed by atoms with Gasteiger partial charge in [0, 0.05) is 11.6 Å². The number of fused-ring (bicyclic) bond motifs is 1. The molecule has 5 nitrogen and oxygen atoms in total. The first-order valence-corrected chi connectivity index (χ1v) is 6.41. The first-order valence-electron chi connectivity index (χ1n) is 6.41. The summed E-state index contributed by atoms with van der Waals surface area (Å²) in [7, 11) is 0. The topological polar surface area (TPSA) is 61.6 Å². The molecule has 0 unspecified atom stereocenters. The Hall–Kier alpha value is -2.30. The monoisotopic (exact) mass is 273 g/mol.